The van der Waals surface area contributed by atoms with E-state index in [-0.39, 0.29) is 42.6 Å². The summed E-state index contributed by atoms with van der Waals surface area (Å²) in [5, 5.41) is 6.00. The highest BCUT2D eigenvalue weighted by Crippen LogP contribution is 2.30. The van der Waals surface area contributed by atoms with Gasteiger partial charge in [0.25, 0.3) is 0 Å². The number of nitrogens with one attached hydrogen (secondary N) is 2. The molecule has 2 rings (SSSR count). The standard InChI is InChI=1S/C15H20ClN3O2.ClH/c16-11-4-6-12(7-5-11)19-14(20)9-18-15(21)13-3-1-2-10(13)8-17;/h4-7,10,13H,1-3,8-9,17H2,(H,18,21)(H,19,20);1H/t10-,13-;/m1./s1. The number of hydrogen-bond acceptors (Lipinski definition) is 3. The van der Waals surface area contributed by atoms with Gasteiger partial charge in [-0.2, -0.15) is 0 Å². The minimum absolute atomic E-state index is 0. The van der Waals surface area contributed by atoms with Gasteiger partial charge in [0.15, 0.2) is 0 Å². The summed E-state index contributed by atoms with van der Waals surface area (Å²) in [5.41, 5.74) is 6.31. The average Bonchev–Trinajstić information content (AvgIpc) is 2.96. The van der Waals surface area contributed by atoms with Crippen molar-refractivity contribution in [3.8, 4) is 0 Å². The molecule has 1 aliphatic rings. The monoisotopic (exact) mass is 345 g/mol. The number of carbonyl (C=O) groups excluding carboxylic acids is 2. The molecule has 0 spiro atoms. The van der Waals surface area contributed by atoms with Gasteiger partial charge in [-0.3, -0.25) is 9.59 Å². The van der Waals surface area contributed by atoms with Gasteiger partial charge in [-0.15, -0.1) is 12.4 Å². The SMILES string of the molecule is Cl.NC[C@H]1CCC[C@H]1C(=O)NCC(=O)Nc1ccc(Cl)cc1. The van der Waals surface area contributed by atoms with Crippen LogP contribution in [0, 0.1) is 11.8 Å². The smallest absolute Gasteiger partial charge is 0.243 e. The van der Waals surface area contributed by atoms with Crippen LogP contribution in [-0.2, 0) is 9.59 Å². The molecule has 0 radical (unpaired) electrons. The molecule has 5 nitrogen and oxygen atoms in total. The van der Waals surface area contributed by atoms with Crippen LogP contribution in [0.25, 0.3) is 0 Å². The molecule has 2 amide bonds. The van der Waals surface area contributed by atoms with Crippen LogP contribution < -0.4 is 16.4 Å². The zero-order chi connectivity index (χ0) is 15.2. The Morgan fingerprint density at radius 3 is 2.55 bits per heavy atom. The van der Waals surface area contributed by atoms with Gasteiger partial charge >= 0.3 is 0 Å². The molecule has 1 saturated carbocycles. The Morgan fingerprint density at radius 2 is 1.91 bits per heavy atom. The molecular formula is C15H21Cl2N3O2. The number of halogens is 2. The van der Waals surface area contributed by atoms with Crippen molar-refractivity contribution >= 4 is 41.5 Å². The van der Waals surface area contributed by atoms with Crippen LogP contribution in [0.1, 0.15) is 19.3 Å². The molecule has 0 saturated heterocycles. The van der Waals surface area contributed by atoms with Gasteiger partial charge < -0.3 is 16.4 Å². The molecule has 2 atom stereocenters. The maximum atomic E-state index is 12.1. The summed E-state index contributed by atoms with van der Waals surface area (Å²) in [6, 6.07) is 6.81. The first kappa shape index (κ1) is 18.7. The van der Waals surface area contributed by atoms with Crippen molar-refractivity contribution in [1.82, 2.24) is 5.32 Å². The van der Waals surface area contributed by atoms with Crippen LogP contribution in [0.4, 0.5) is 5.69 Å². The first-order valence-electron chi connectivity index (χ1n) is 7.13. The zero-order valence-electron chi connectivity index (χ0n) is 12.2. The van der Waals surface area contributed by atoms with E-state index in [4.69, 9.17) is 17.3 Å². The number of amides is 2. The molecule has 0 heterocycles. The second-order valence-corrected chi connectivity index (χ2v) is 5.74. The van der Waals surface area contributed by atoms with E-state index in [1.807, 2.05) is 0 Å². The Bertz CT molecular complexity index is 508. The normalized spacial score (nSPS) is 20.1. The highest BCUT2D eigenvalue weighted by atomic mass is 35.5. The van der Waals surface area contributed by atoms with Crippen molar-refractivity contribution in [1.29, 1.82) is 0 Å². The van der Waals surface area contributed by atoms with E-state index < -0.39 is 0 Å². The van der Waals surface area contributed by atoms with Crippen LogP contribution in [0.2, 0.25) is 5.02 Å². The summed E-state index contributed by atoms with van der Waals surface area (Å²) < 4.78 is 0. The lowest BCUT2D eigenvalue weighted by molar-refractivity contribution is -0.128. The Balaban J connectivity index is 0.00000242. The quantitative estimate of drug-likeness (QED) is 0.764. The minimum atomic E-state index is -0.257. The van der Waals surface area contributed by atoms with Gasteiger partial charge in [0, 0.05) is 16.6 Å². The largest absolute Gasteiger partial charge is 0.347 e. The van der Waals surface area contributed by atoms with E-state index in [2.05, 4.69) is 10.6 Å². The van der Waals surface area contributed by atoms with Gasteiger partial charge in [-0.05, 0) is 49.6 Å². The van der Waals surface area contributed by atoms with Gasteiger partial charge in [0.2, 0.25) is 11.8 Å². The number of benzene rings is 1. The van der Waals surface area contributed by atoms with Crippen LogP contribution in [0.5, 0.6) is 0 Å². The highest BCUT2D eigenvalue weighted by molar-refractivity contribution is 6.30. The molecule has 0 aliphatic heterocycles. The summed E-state index contributed by atoms with van der Waals surface area (Å²) in [6.45, 7) is 0.490. The number of rotatable bonds is 5. The second-order valence-electron chi connectivity index (χ2n) is 5.31. The fraction of sp³-hybridized carbons (Fsp3) is 0.467. The molecule has 1 aromatic rings. The van der Waals surface area contributed by atoms with E-state index in [0.717, 1.165) is 19.3 Å². The summed E-state index contributed by atoms with van der Waals surface area (Å²) in [4.78, 5) is 23.8. The summed E-state index contributed by atoms with van der Waals surface area (Å²) >= 11 is 5.77. The molecule has 1 aliphatic carbocycles. The fourth-order valence-corrected chi connectivity index (χ4v) is 2.83. The Morgan fingerprint density at radius 1 is 1.23 bits per heavy atom. The lowest BCUT2D eigenvalue weighted by atomic mass is 9.95. The van der Waals surface area contributed by atoms with Crippen molar-refractivity contribution < 1.29 is 9.59 Å². The second kappa shape index (κ2) is 8.98. The maximum Gasteiger partial charge on any atom is 0.243 e. The first-order valence-corrected chi connectivity index (χ1v) is 7.51. The molecule has 22 heavy (non-hydrogen) atoms. The lowest BCUT2D eigenvalue weighted by Gasteiger charge is -2.17. The molecule has 4 N–H and O–H groups in total. The summed E-state index contributed by atoms with van der Waals surface area (Å²) in [6.07, 6.45) is 2.87. The Kier molecular flexibility index (Phi) is 7.65. The molecule has 0 bridgehead atoms. The molecule has 1 aromatic carbocycles. The minimum Gasteiger partial charge on any atom is -0.347 e. The van der Waals surface area contributed by atoms with Gasteiger partial charge in [-0.1, -0.05) is 18.0 Å². The Labute approximate surface area is 141 Å². The molecular weight excluding hydrogens is 325 g/mol. The highest BCUT2D eigenvalue weighted by Gasteiger charge is 2.31. The van der Waals surface area contributed by atoms with Crippen molar-refractivity contribution in [2.75, 3.05) is 18.4 Å². The molecule has 1 fully saturated rings. The predicted molar refractivity (Wildman–Crippen MR) is 90.2 cm³/mol. The number of nitrogens with two attached hydrogens (primary N) is 1. The molecule has 122 valence electrons. The van der Waals surface area contributed by atoms with Gasteiger partial charge in [-0.25, -0.2) is 0 Å². The number of carbonyl (C=O) groups is 2. The maximum absolute atomic E-state index is 12.1. The summed E-state index contributed by atoms with van der Waals surface area (Å²) in [7, 11) is 0. The van der Waals surface area contributed by atoms with Crippen LogP contribution in [0.15, 0.2) is 24.3 Å². The zero-order valence-corrected chi connectivity index (χ0v) is 13.8. The van der Waals surface area contributed by atoms with E-state index in [1.54, 1.807) is 24.3 Å². The molecule has 0 unspecified atom stereocenters. The van der Waals surface area contributed by atoms with Crippen LogP contribution in [-0.4, -0.2) is 24.9 Å². The number of hydrogen-bond donors (Lipinski definition) is 3. The van der Waals surface area contributed by atoms with Gasteiger partial charge in [0.05, 0.1) is 6.54 Å². The third-order valence-electron chi connectivity index (χ3n) is 3.85. The van der Waals surface area contributed by atoms with E-state index in [1.165, 1.54) is 0 Å². The van der Waals surface area contributed by atoms with Crippen molar-refractivity contribution in [3.05, 3.63) is 29.3 Å². The van der Waals surface area contributed by atoms with Crippen LogP contribution >= 0.6 is 24.0 Å². The van der Waals surface area contributed by atoms with Crippen LogP contribution in [0.3, 0.4) is 0 Å². The van der Waals surface area contributed by atoms with E-state index in [9.17, 15) is 9.59 Å². The predicted octanol–water partition coefficient (Wildman–Crippen LogP) is 2.19. The van der Waals surface area contributed by atoms with Crippen molar-refractivity contribution in [3.63, 3.8) is 0 Å². The number of anilines is 1. The fourth-order valence-electron chi connectivity index (χ4n) is 2.70. The van der Waals surface area contributed by atoms with Gasteiger partial charge in [0.1, 0.15) is 0 Å². The third kappa shape index (κ3) is 5.16. The Hall–Kier alpha value is -1.30. The van der Waals surface area contributed by atoms with E-state index in [0.29, 0.717) is 17.3 Å². The molecule has 0 aromatic heterocycles. The molecule has 7 heteroatoms. The average molecular weight is 346 g/mol. The summed E-state index contributed by atoms with van der Waals surface area (Å²) in [5.74, 6) is -0.148. The topological polar surface area (TPSA) is 84.2 Å². The van der Waals surface area contributed by atoms with Crippen molar-refractivity contribution in [2.45, 2.75) is 19.3 Å². The van der Waals surface area contributed by atoms with E-state index >= 15 is 0 Å². The third-order valence-corrected chi connectivity index (χ3v) is 4.10. The lowest BCUT2D eigenvalue weighted by Crippen LogP contribution is -2.39. The van der Waals surface area contributed by atoms with Crippen molar-refractivity contribution in [2.24, 2.45) is 17.6 Å². The first-order chi connectivity index (χ1) is 10.1.